The van der Waals surface area contributed by atoms with Crippen molar-refractivity contribution in [1.29, 1.82) is 0 Å². The lowest BCUT2D eigenvalue weighted by Gasteiger charge is -2.50. The molecule has 0 radical (unpaired) electrons. The van der Waals surface area contributed by atoms with Gasteiger partial charge in [-0.3, -0.25) is 9.59 Å². The lowest BCUT2D eigenvalue weighted by molar-refractivity contribution is -0.404. The standard InChI is InChI=1S/C36H60O30.C20H34O5/c37-1-7-25-13(43)19(49)31(55-7)62-26-8(2-38)57-33(21(51)15(26)45)64-28-10(4-40)59-35(23(53)17(28)47)66-30-12(6-42)60-36(24(54)18(30)48)65-29-11(5-41)58-34(22(52)16(29)46)63-27-9(3-39)56-32(61-25)20(50)14(27)44;1-2-3-6-9-15(21)12-13-17-16(18(22)14-19(17)23)10-7-4-5-8-11-20(24)25/h7-54H,1-6H2;12-13,15-17,19,21,23H,2-11,14H2,1H3,(H,24,25)/b;13-12+. The molecule has 22 saturated heterocycles. The van der Waals surface area contributed by atoms with Gasteiger partial charge in [0.1, 0.15) is 152 Å². The van der Waals surface area contributed by atoms with Crippen molar-refractivity contribution < 1.29 is 174 Å². The maximum absolute atomic E-state index is 12.1. The van der Waals surface area contributed by atoms with Crippen molar-refractivity contribution in [1.82, 2.24) is 0 Å². The second-order valence-corrected chi connectivity index (χ2v) is 24.1. The number of rotatable bonds is 19. The molecule has 91 heavy (non-hydrogen) atoms. The van der Waals surface area contributed by atoms with Gasteiger partial charge in [0.15, 0.2) is 37.7 Å². The summed E-state index contributed by atoms with van der Waals surface area (Å²) in [4.78, 5) is 22.6. The van der Waals surface area contributed by atoms with Crippen LogP contribution in [-0.4, -0.2) is 355 Å². The molecule has 0 aromatic rings. The number of aliphatic hydroxyl groups excluding tert-OH is 20. The highest BCUT2D eigenvalue weighted by atomic mass is 16.8. The second kappa shape index (κ2) is 35.2. The lowest BCUT2D eigenvalue weighted by atomic mass is 9.88. The summed E-state index contributed by atoms with van der Waals surface area (Å²) in [6.07, 6.45) is -47.7. The van der Waals surface area contributed by atoms with E-state index in [-0.39, 0.29) is 30.5 Å². The molecule has 23 rings (SSSR count). The molecule has 34 unspecified atom stereocenters. The van der Waals surface area contributed by atoms with Gasteiger partial charge in [0.2, 0.25) is 0 Å². The molecule has 23 fully saturated rings. The van der Waals surface area contributed by atoms with E-state index in [2.05, 4.69) is 6.92 Å². The molecule has 12 bridgehead atoms. The number of carbonyl (C=O) groups excluding carboxylic acids is 1. The van der Waals surface area contributed by atoms with Crippen molar-refractivity contribution in [3.63, 3.8) is 0 Å². The third kappa shape index (κ3) is 18.0. The molecule has 22 heterocycles. The van der Waals surface area contributed by atoms with Gasteiger partial charge in [-0.2, -0.15) is 0 Å². The SMILES string of the molecule is CCCCCC(O)/C=C/C1C(O)CC(=O)C1CCCCCCC(=O)O.OCC1OC2OC3C(CO)OC(OC4C(CO)OC(OC5C(CO)OC(OC6C(CO)OC(OC7C(CO)OC(OC1C(O)C2O)C(O)C7O)C(O)C6O)C(O)C5O)C(O)C4O)C(O)C3O. The molecule has 0 amide bonds. The molecule has 21 N–H and O–H groups in total. The lowest BCUT2D eigenvalue weighted by Crippen LogP contribution is -2.69. The minimum Gasteiger partial charge on any atom is -0.481 e. The van der Waals surface area contributed by atoms with E-state index < -0.39 is 242 Å². The normalized spacial score (nSPS) is 47.0. The van der Waals surface area contributed by atoms with Crippen molar-refractivity contribution in [3.8, 4) is 0 Å². The topological polar surface area (TPSA) is 570 Å². The third-order valence-electron chi connectivity index (χ3n) is 17.7. The van der Waals surface area contributed by atoms with Crippen molar-refractivity contribution in [2.24, 2.45) is 11.8 Å². The predicted octanol–water partition coefficient (Wildman–Crippen LogP) is -9.58. The minimum absolute atomic E-state index is 0.105. The molecule has 23 aliphatic rings. The van der Waals surface area contributed by atoms with Gasteiger partial charge in [0.05, 0.1) is 51.8 Å². The third-order valence-corrected chi connectivity index (χ3v) is 17.7. The first-order chi connectivity index (χ1) is 43.4. The van der Waals surface area contributed by atoms with Crippen LogP contribution in [0.4, 0.5) is 0 Å². The first kappa shape index (κ1) is 76.0. The fourth-order valence-electron chi connectivity index (χ4n) is 12.5. The number of aliphatic carboxylic acids is 1. The van der Waals surface area contributed by atoms with Crippen molar-refractivity contribution in [2.45, 2.75) is 274 Å². The summed E-state index contributed by atoms with van der Waals surface area (Å²) in [5.74, 6) is -1.04. The molecule has 0 aromatic carbocycles. The molecule has 22 aliphatic heterocycles. The monoisotopic (exact) mass is 1330 g/mol. The zero-order valence-electron chi connectivity index (χ0n) is 49.9. The summed E-state index contributed by atoms with van der Waals surface area (Å²) in [6, 6.07) is 0. The van der Waals surface area contributed by atoms with Gasteiger partial charge < -0.3 is 164 Å². The maximum Gasteiger partial charge on any atom is 0.303 e. The van der Waals surface area contributed by atoms with Gasteiger partial charge in [-0.1, -0.05) is 57.6 Å². The Hall–Kier alpha value is -2.40. The van der Waals surface area contributed by atoms with E-state index in [4.69, 9.17) is 61.9 Å². The zero-order chi connectivity index (χ0) is 66.7. The quantitative estimate of drug-likeness (QED) is 0.0422. The fraction of sp³-hybridized carbons (Fsp3) is 0.929. The van der Waals surface area contributed by atoms with Crippen LogP contribution in [0.15, 0.2) is 12.2 Å². The van der Waals surface area contributed by atoms with Crippen molar-refractivity contribution in [2.75, 3.05) is 39.6 Å². The van der Waals surface area contributed by atoms with E-state index in [0.717, 1.165) is 51.4 Å². The van der Waals surface area contributed by atoms with Crippen molar-refractivity contribution in [3.05, 3.63) is 12.2 Å². The Balaban J connectivity index is 0.000000395. The summed E-state index contributed by atoms with van der Waals surface area (Å²) in [7, 11) is 0. The number of Topliss-reactive ketones (excluding diaryl/α,β-unsaturated/α-hetero) is 1. The van der Waals surface area contributed by atoms with Gasteiger partial charge >= 0.3 is 5.97 Å². The van der Waals surface area contributed by atoms with E-state index in [9.17, 15) is 112 Å². The Bertz CT molecular complexity index is 1920. The molecule has 528 valence electrons. The number of hydrogen-bond donors (Lipinski definition) is 21. The molecule has 1 aliphatic carbocycles. The van der Waals surface area contributed by atoms with E-state index in [0.29, 0.717) is 6.42 Å². The largest absolute Gasteiger partial charge is 0.481 e. The summed E-state index contributed by atoms with van der Waals surface area (Å²) in [5.41, 5.74) is 0. The van der Waals surface area contributed by atoms with Crippen LogP contribution in [0.2, 0.25) is 0 Å². The van der Waals surface area contributed by atoms with Crippen LogP contribution in [0.1, 0.15) is 77.6 Å². The highest BCUT2D eigenvalue weighted by molar-refractivity contribution is 5.84. The fourth-order valence-corrected chi connectivity index (χ4v) is 12.5. The first-order valence-corrected chi connectivity index (χ1v) is 30.8. The maximum atomic E-state index is 12.1. The van der Waals surface area contributed by atoms with Gasteiger partial charge in [-0.15, -0.1) is 0 Å². The number of ether oxygens (including phenoxy) is 12. The Kier molecular flexibility index (Phi) is 29.4. The number of unbranched alkanes of at least 4 members (excludes halogenated alkanes) is 5. The number of carbonyl (C=O) groups is 2. The Labute approximate surface area is 521 Å². The average molecular weight is 1330 g/mol. The van der Waals surface area contributed by atoms with Gasteiger partial charge in [0.25, 0.3) is 0 Å². The highest BCUT2D eigenvalue weighted by Crippen LogP contribution is 2.39. The van der Waals surface area contributed by atoms with Crippen LogP contribution in [0, 0.1) is 11.8 Å². The summed E-state index contributed by atoms with van der Waals surface area (Å²) in [6.45, 7) is -3.87. The van der Waals surface area contributed by atoms with Gasteiger partial charge in [-0.25, -0.2) is 0 Å². The molecule has 35 heteroatoms. The van der Waals surface area contributed by atoms with E-state index >= 15 is 0 Å². The van der Waals surface area contributed by atoms with Crippen LogP contribution in [0.25, 0.3) is 0 Å². The molecule has 34 atom stereocenters. The van der Waals surface area contributed by atoms with E-state index in [1.165, 1.54) is 0 Å². The average Bonchev–Trinajstić information content (AvgIpc) is 1.61. The Morgan fingerprint density at radius 3 is 0.967 bits per heavy atom. The van der Waals surface area contributed by atoms with Crippen molar-refractivity contribution >= 4 is 11.8 Å². The number of aliphatic hydroxyl groups is 20. The van der Waals surface area contributed by atoms with E-state index in [1.54, 1.807) is 6.08 Å². The molecule has 0 aromatic heterocycles. The molecule has 0 spiro atoms. The Morgan fingerprint density at radius 1 is 0.418 bits per heavy atom. The zero-order valence-corrected chi connectivity index (χ0v) is 49.9. The van der Waals surface area contributed by atoms with Crippen LogP contribution in [-0.2, 0) is 66.4 Å². The number of ketones is 1. The number of hydrogen-bond acceptors (Lipinski definition) is 34. The molecular formula is C56H94O35. The van der Waals surface area contributed by atoms with E-state index in [1.807, 2.05) is 6.08 Å². The van der Waals surface area contributed by atoms with Crippen LogP contribution in [0.3, 0.4) is 0 Å². The number of carboxylic acid groups (broad SMARTS) is 1. The second-order valence-electron chi connectivity index (χ2n) is 24.1. The van der Waals surface area contributed by atoms with Crippen LogP contribution >= 0.6 is 0 Å². The van der Waals surface area contributed by atoms with Crippen LogP contribution < -0.4 is 0 Å². The number of carboxylic acids is 1. The predicted molar refractivity (Wildman–Crippen MR) is 293 cm³/mol. The Morgan fingerprint density at radius 2 is 0.703 bits per heavy atom. The summed E-state index contributed by atoms with van der Waals surface area (Å²) in [5, 5.41) is 224. The molecule has 1 saturated carbocycles. The molecular weight excluding hydrogens is 1230 g/mol. The smallest absolute Gasteiger partial charge is 0.303 e. The van der Waals surface area contributed by atoms with Gasteiger partial charge in [0, 0.05) is 24.7 Å². The first-order valence-electron chi connectivity index (χ1n) is 30.8. The van der Waals surface area contributed by atoms with Crippen LogP contribution in [0.5, 0.6) is 0 Å². The highest BCUT2D eigenvalue weighted by Gasteiger charge is 2.59. The van der Waals surface area contributed by atoms with Gasteiger partial charge in [-0.05, 0) is 19.3 Å². The molecule has 35 nitrogen and oxygen atoms in total. The summed E-state index contributed by atoms with van der Waals surface area (Å²) >= 11 is 0. The summed E-state index contributed by atoms with van der Waals surface area (Å²) < 4.78 is 67.9. The minimum atomic E-state index is -2.15.